The summed E-state index contributed by atoms with van der Waals surface area (Å²) in [5, 5.41) is 3.87. The molecule has 1 atom stereocenters. The molecule has 1 nitrogen and oxygen atoms in total. The maximum atomic E-state index is 11.9. The highest BCUT2D eigenvalue weighted by molar-refractivity contribution is 6.30. The van der Waals surface area contributed by atoms with E-state index >= 15 is 0 Å². The number of hydrogen-bond acceptors (Lipinski definition) is 1. The van der Waals surface area contributed by atoms with Crippen molar-refractivity contribution in [3.63, 3.8) is 0 Å². The number of benzene rings is 1. The number of hydrogen-bond donors (Lipinski definition) is 1. The predicted molar refractivity (Wildman–Crippen MR) is 67.8 cm³/mol. The Morgan fingerprint density at radius 3 is 2.33 bits per heavy atom. The maximum Gasteiger partial charge on any atom is 0.389 e. The Kier molecular flexibility index (Phi) is 5.96. The van der Waals surface area contributed by atoms with Crippen LogP contribution in [0.5, 0.6) is 0 Å². The highest BCUT2D eigenvalue weighted by Gasteiger charge is 2.25. The largest absolute Gasteiger partial charge is 0.389 e. The average Bonchev–Trinajstić information content (AvgIpc) is 2.27. The van der Waals surface area contributed by atoms with Gasteiger partial charge in [-0.3, -0.25) is 0 Å². The van der Waals surface area contributed by atoms with E-state index in [1.165, 1.54) is 0 Å². The monoisotopic (exact) mass is 279 g/mol. The summed E-state index contributed by atoms with van der Waals surface area (Å²) in [6.45, 7) is 2.56. The fourth-order valence-electron chi connectivity index (χ4n) is 1.64. The summed E-state index contributed by atoms with van der Waals surface area (Å²) in [5.41, 5.74) is 1.08. The van der Waals surface area contributed by atoms with Crippen LogP contribution in [0.1, 0.15) is 37.8 Å². The standard InChI is InChI=1S/C13H17ClF3N/c1-10(11-4-6-12(14)7-5-11)18-9-3-2-8-13(15,16)17/h4-7,10,18H,2-3,8-9H2,1H3. The van der Waals surface area contributed by atoms with Gasteiger partial charge in [-0.05, 0) is 44.0 Å². The summed E-state index contributed by atoms with van der Waals surface area (Å²) in [5.74, 6) is 0. The third-order valence-electron chi connectivity index (χ3n) is 2.71. The van der Waals surface area contributed by atoms with Crippen molar-refractivity contribution in [1.29, 1.82) is 0 Å². The highest BCUT2D eigenvalue weighted by atomic mass is 35.5. The minimum Gasteiger partial charge on any atom is -0.310 e. The second-order valence-electron chi connectivity index (χ2n) is 4.30. The molecule has 0 aliphatic carbocycles. The number of alkyl halides is 3. The lowest BCUT2D eigenvalue weighted by atomic mass is 10.1. The smallest absolute Gasteiger partial charge is 0.310 e. The van der Waals surface area contributed by atoms with Crippen LogP contribution in [0.25, 0.3) is 0 Å². The summed E-state index contributed by atoms with van der Waals surface area (Å²) in [4.78, 5) is 0. The zero-order valence-corrected chi connectivity index (χ0v) is 11.0. The lowest BCUT2D eigenvalue weighted by Gasteiger charge is -2.14. The quantitative estimate of drug-likeness (QED) is 0.743. The Labute approximate surface area is 110 Å². The second-order valence-corrected chi connectivity index (χ2v) is 4.74. The molecule has 0 spiro atoms. The van der Waals surface area contributed by atoms with Crippen molar-refractivity contribution in [2.24, 2.45) is 0 Å². The summed E-state index contributed by atoms with van der Waals surface area (Å²) >= 11 is 5.78. The van der Waals surface area contributed by atoms with Crippen molar-refractivity contribution in [2.75, 3.05) is 6.54 Å². The Morgan fingerprint density at radius 2 is 1.78 bits per heavy atom. The van der Waals surface area contributed by atoms with E-state index in [1.54, 1.807) is 12.1 Å². The molecule has 0 saturated carbocycles. The van der Waals surface area contributed by atoms with Crippen LogP contribution in [-0.2, 0) is 0 Å². The van der Waals surface area contributed by atoms with Gasteiger partial charge in [0.05, 0.1) is 0 Å². The lowest BCUT2D eigenvalue weighted by molar-refractivity contribution is -0.135. The van der Waals surface area contributed by atoms with Crippen molar-refractivity contribution in [3.8, 4) is 0 Å². The van der Waals surface area contributed by atoms with Gasteiger partial charge < -0.3 is 5.32 Å². The van der Waals surface area contributed by atoms with E-state index in [0.29, 0.717) is 18.0 Å². The van der Waals surface area contributed by atoms with E-state index in [0.717, 1.165) is 5.56 Å². The van der Waals surface area contributed by atoms with Crippen LogP contribution in [0.4, 0.5) is 13.2 Å². The maximum absolute atomic E-state index is 11.9. The van der Waals surface area contributed by atoms with Crippen LogP contribution >= 0.6 is 11.6 Å². The molecule has 0 aliphatic rings. The van der Waals surface area contributed by atoms with E-state index < -0.39 is 12.6 Å². The molecule has 0 aliphatic heterocycles. The van der Waals surface area contributed by atoms with E-state index in [1.807, 2.05) is 19.1 Å². The Bertz CT molecular complexity index is 348. The normalized spacial score (nSPS) is 13.6. The molecule has 0 amide bonds. The van der Waals surface area contributed by atoms with Crippen LogP contribution in [0, 0.1) is 0 Å². The molecule has 1 aromatic carbocycles. The third kappa shape index (κ3) is 6.26. The Hall–Kier alpha value is -0.740. The lowest BCUT2D eigenvalue weighted by Crippen LogP contribution is -2.20. The molecule has 1 unspecified atom stereocenters. The van der Waals surface area contributed by atoms with Crippen LogP contribution in [0.2, 0.25) is 5.02 Å². The van der Waals surface area contributed by atoms with Gasteiger partial charge in [0.1, 0.15) is 0 Å². The molecular weight excluding hydrogens is 263 g/mol. The zero-order valence-electron chi connectivity index (χ0n) is 10.2. The summed E-state index contributed by atoms with van der Waals surface area (Å²) in [7, 11) is 0. The summed E-state index contributed by atoms with van der Waals surface area (Å²) in [6, 6.07) is 7.55. The first-order chi connectivity index (χ1) is 8.38. The highest BCUT2D eigenvalue weighted by Crippen LogP contribution is 2.22. The summed E-state index contributed by atoms with van der Waals surface area (Å²) < 4.78 is 35.7. The van der Waals surface area contributed by atoms with Gasteiger partial charge in [0.15, 0.2) is 0 Å². The first-order valence-corrected chi connectivity index (χ1v) is 6.32. The third-order valence-corrected chi connectivity index (χ3v) is 2.96. The van der Waals surface area contributed by atoms with E-state index in [9.17, 15) is 13.2 Å². The molecular formula is C13H17ClF3N. The van der Waals surface area contributed by atoms with Crippen LogP contribution in [-0.4, -0.2) is 12.7 Å². The molecule has 1 N–H and O–H groups in total. The molecule has 5 heteroatoms. The van der Waals surface area contributed by atoms with Crippen molar-refractivity contribution in [1.82, 2.24) is 5.32 Å². The first-order valence-electron chi connectivity index (χ1n) is 5.94. The Morgan fingerprint density at radius 1 is 1.17 bits per heavy atom. The molecule has 0 aromatic heterocycles. The van der Waals surface area contributed by atoms with Gasteiger partial charge in [-0.1, -0.05) is 23.7 Å². The molecule has 0 saturated heterocycles. The van der Waals surface area contributed by atoms with Gasteiger partial charge in [-0.25, -0.2) is 0 Å². The van der Waals surface area contributed by atoms with Crippen molar-refractivity contribution in [2.45, 2.75) is 38.4 Å². The van der Waals surface area contributed by atoms with Crippen molar-refractivity contribution in [3.05, 3.63) is 34.9 Å². The first kappa shape index (κ1) is 15.3. The fraction of sp³-hybridized carbons (Fsp3) is 0.538. The minimum atomic E-state index is -4.04. The number of halogens is 4. The van der Waals surface area contributed by atoms with E-state index in [-0.39, 0.29) is 12.5 Å². The van der Waals surface area contributed by atoms with Crippen molar-refractivity contribution < 1.29 is 13.2 Å². The van der Waals surface area contributed by atoms with Crippen LogP contribution in [0.15, 0.2) is 24.3 Å². The van der Waals surface area contributed by atoms with Crippen LogP contribution < -0.4 is 5.32 Å². The molecule has 102 valence electrons. The predicted octanol–water partition coefficient (Wildman–Crippen LogP) is 4.72. The number of unbranched alkanes of at least 4 members (excludes halogenated alkanes) is 1. The molecule has 18 heavy (non-hydrogen) atoms. The van der Waals surface area contributed by atoms with Gasteiger partial charge in [0.2, 0.25) is 0 Å². The van der Waals surface area contributed by atoms with Gasteiger partial charge in [-0.2, -0.15) is 13.2 Å². The van der Waals surface area contributed by atoms with E-state index in [4.69, 9.17) is 11.6 Å². The SMILES string of the molecule is CC(NCCCCC(F)(F)F)c1ccc(Cl)cc1. The fourth-order valence-corrected chi connectivity index (χ4v) is 1.76. The zero-order chi connectivity index (χ0) is 13.6. The van der Waals surface area contributed by atoms with E-state index in [2.05, 4.69) is 5.32 Å². The second kappa shape index (κ2) is 7.00. The molecule has 0 fully saturated rings. The van der Waals surface area contributed by atoms with Gasteiger partial charge in [0, 0.05) is 17.5 Å². The minimum absolute atomic E-state index is 0.119. The molecule has 1 aromatic rings. The molecule has 0 radical (unpaired) electrons. The van der Waals surface area contributed by atoms with Crippen LogP contribution in [0.3, 0.4) is 0 Å². The molecule has 0 bridgehead atoms. The number of rotatable bonds is 6. The van der Waals surface area contributed by atoms with Gasteiger partial charge in [0.25, 0.3) is 0 Å². The Balaban J connectivity index is 2.21. The summed E-state index contributed by atoms with van der Waals surface area (Å²) in [6.07, 6.45) is -4.05. The number of nitrogens with one attached hydrogen (secondary N) is 1. The molecule has 0 heterocycles. The van der Waals surface area contributed by atoms with Crippen molar-refractivity contribution >= 4 is 11.6 Å². The van der Waals surface area contributed by atoms with Gasteiger partial charge >= 0.3 is 6.18 Å². The molecule has 1 rings (SSSR count). The topological polar surface area (TPSA) is 12.0 Å². The van der Waals surface area contributed by atoms with Gasteiger partial charge in [-0.15, -0.1) is 0 Å². The average molecular weight is 280 g/mol.